The van der Waals surface area contributed by atoms with Crippen LogP contribution in [0, 0.1) is 0 Å². The first-order valence-corrected chi connectivity index (χ1v) is 8.75. The number of nitrogens with zero attached hydrogens (tertiary/aromatic N) is 1. The van der Waals surface area contributed by atoms with Crippen LogP contribution in [0.2, 0.25) is 5.02 Å². The number of alkyl halides is 1. The van der Waals surface area contributed by atoms with Crippen molar-refractivity contribution in [1.82, 2.24) is 4.31 Å². The molecule has 1 saturated carbocycles. The number of rotatable bonds is 6. The monoisotopic (exact) mass is 337 g/mol. The molecule has 1 aromatic carbocycles. The molecule has 112 valence electrons. The number of ether oxygens (including phenoxy) is 1. The van der Waals surface area contributed by atoms with Crippen LogP contribution < -0.4 is 4.74 Å². The fourth-order valence-electron chi connectivity index (χ4n) is 2.26. The topological polar surface area (TPSA) is 46.6 Å². The number of methoxy groups -OCH3 is 1. The summed E-state index contributed by atoms with van der Waals surface area (Å²) in [6.07, 6.45) is 1.80. The molecule has 0 saturated heterocycles. The van der Waals surface area contributed by atoms with Crippen molar-refractivity contribution in [2.45, 2.75) is 36.6 Å². The Morgan fingerprint density at radius 2 is 2.05 bits per heavy atom. The summed E-state index contributed by atoms with van der Waals surface area (Å²) in [5.74, 6) is 0.422. The van der Waals surface area contributed by atoms with Gasteiger partial charge in [-0.3, -0.25) is 0 Å². The van der Waals surface area contributed by atoms with Gasteiger partial charge in [-0.25, -0.2) is 8.42 Å². The van der Waals surface area contributed by atoms with Gasteiger partial charge < -0.3 is 4.74 Å². The maximum atomic E-state index is 12.8. The highest BCUT2D eigenvalue weighted by atomic mass is 35.5. The zero-order chi connectivity index (χ0) is 14.9. The normalized spacial score (nSPS) is 15.7. The summed E-state index contributed by atoms with van der Waals surface area (Å²) in [4.78, 5) is 0.0944. The van der Waals surface area contributed by atoms with Crippen LogP contribution in [0.25, 0.3) is 0 Å². The van der Waals surface area contributed by atoms with E-state index >= 15 is 0 Å². The van der Waals surface area contributed by atoms with E-state index in [1.165, 1.54) is 17.5 Å². The minimum atomic E-state index is -3.62. The van der Waals surface area contributed by atoms with Crippen molar-refractivity contribution >= 4 is 33.2 Å². The summed E-state index contributed by atoms with van der Waals surface area (Å²) >= 11 is 11.9. The molecule has 1 aliphatic carbocycles. The quantitative estimate of drug-likeness (QED) is 0.748. The van der Waals surface area contributed by atoms with E-state index < -0.39 is 10.0 Å². The van der Waals surface area contributed by atoms with E-state index in [9.17, 15) is 8.42 Å². The van der Waals surface area contributed by atoms with Crippen LogP contribution in [0.15, 0.2) is 17.0 Å². The van der Waals surface area contributed by atoms with Gasteiger partial charge >= 0.3 is 0 Å². The molecule has 0 atom stereocenters. The minimum Gasteiger partial charge on any atom is -0.495 e. The van der Waals surface area contributed by atoms with Crippen molar-refractivity contribution in [1.29, 1.82) is 0 Å². The average molecular weight is 338 g/mol. The van der Waals surface area contributed by atoms with Gasteiger partial charge in [0.1, 0.15) is 10.6 Å². The second-order valence-corrected chi connectivity index (χ2v) is 7.23. The number of hydrogen-bond donors (Lipinski definition) is 0. The van der Waals surface area contributed by atoms with Crippen molar-refractivity contribution < 1.29 is 13.2 Å². The van der Waals surface area contributed by atoms with Crippen LogP contribution in [0.5, 0.6) is 5.75 Å². The largest absolute Gasteiger partial charge is 0.495 e. The molecule has 4 nitrogen and oxygen atoms in total. The van der Waals surface area contributed by atoms with Crippen LogP contribution in [0.4, 0.5) is 0 Å². The van der Waals surface area contributed by atoms with Gasteiger partial charge in [0, 0.05) is 23.2 Å². The van der Waals surface area contributed by atoms with Crippen LogP contribution in [0.1, 0.15) is 25.3 Å². The molecule has 0 radical (unpaired) electrons. The number of halogens is 2. The van der Waals surface area contributed by atoms with Gasteiger partial charge in [-0.05, 0) is 25.0 Å². The summed E-state index contributed by atoms with van der Waals surface area (Å²) in [6, 6.07) is 3.14. The molecule has 0 aromatic heterocycles. The van der Waals surface area contributed by atoms with Gasteiger partial charge in [0.2, 0.25) is 10.0 Å². The summed E-state index contributed by atoms with van der Waals surface area (Å²) in [5.41, 5.74) is 0.576. The number of benzene rings is 1. The van der Waals surface area contributed by atoms with Gasteiger partial charge in [-0.2, -0.15) is 4.31 Å². The molecule has 2 rings (SSSR count). The fraction of sp³-hybridized carbons (Fsp3) is 0.538. The maximum absolute atomic E-state index is 12.8. The van der Waals surface area contributed by atoms with Crippen LogP contribution in [-0.2, 0) is 15.9 Å². The van der Waals surface area contributed by atoms with Gasteiger partial charge in [0.05, 0.1) is 13.0 Å². The molecule has 0 bridgehead atoms. The van der Waals surface area contributed by atoms with Crippen molar-refractivity contribution in [3.63, 3.8) is 0 Å². The molecule has 1 aromatic rings. The molecule has 1 fully saturated rings. The lowest BCUT2D eigenvalue weighted by Gasteiger charge is -2.22. The number of hydrogen-bond acceptors (Lipinski definition) is 3. The lowest BCUT2D eigenvalue weighted by atomic mass is 10.2. The molecule has 7 heteroatoms. The predicted octanol–water partition coefficient (Wildman–Crippen LogP) is 3.26. The third-order valence-corrected chi connectivity index (χ3v) is 5.84. The van der Waals surface area contributed by atoms with E-state index in [0.717, 1.165) is 12.8 Å². The Morgan fingerprint density at radius 3 is 2.50 bits per heavy atom. The standard InChI is InChI=1S/C13H17Cl2NO3S/c1-3-16(11-4-5-11)20(17,18)12-7-10(15)6-9(8-14)13(12)19-2/h6-7,11H,3-5,8H2,1-2H3. The first-order valence-electron chi connectivity index (χ1n) is 6.39. The van der Waals surface area contributed by atoms with Gasteiger partial charge in [0.15, 0.2) is 0 Å². The van der Waals surface area contributed by atoms with E-state index in [4.69, 9.17) is 27.9 Å². The second-order valence-electron chi connectivity index (χ2n) is 4.67. The maximum Gasteiger partial charge on any atom is 0.247 e. The molecule has 20 heavy (non-hydrogen) atoms. The van der Waals surface area contributed by atoms with E-state index in [2.05, 4.69) is 0 Å². The SMILES string of the molecule is CCN(C1CC1)S(=O)(=O)c1cc(Cl)cc(CCl)c1OC. The van der Waals surface area contributed by atoms with Crippen molar-refractivity contribution in [2.75, 3.05) is 13.7 Å². The third-order valence-electron chi connectivity index (χ3n) is 3.30. The summed E-state index contributed by atoms with van der Waals surface area (Å²) in [7, 11) is -2.18. The van der Waals surface area contributed by atoms with Crippen molar-refractivity contribution in [2.24, 2.45) is 0 Å². The minimum absolute atomic E-state index is 0.0909. The smallest absolute Gasteiger partial charge is 0.247 e. The lowest BCUT2D eigenvalue weighted by molar-refractivity contribution is 0.388. The van der Waals surface area contributed by atoms with Gasteiger partial charge in [-0.15, -0.1) is 11.6 Å². The second kappa shape index (κ2) is 6.10. The Hall–Kier alpha value is -0.490. The zero-order valence-electron chi connectivity index (χ0n) is 11.4. The Labute approximate surface area is 129 Å². The van der Waals surface area contributed by atoms with Crippen molar-refractivity contribution in [3.05, 3.63) is 22.7 Å². The van der Waals surface area contributed by atoms with Crippen LogP contribution in [0.3, 0.4) is 0 Å². The first-order chi connectivity index (χ1) is 9.45. The Kier molecular flexibility index (Phi) is 4.84. The highest BCUT2D eigenvalue weighted by Crippen LogP contribution is 2.38. The number of sulfonamides is 1. The van der Waals surface area contributed by atoms with Crippen LogP contribution in [-0.4, -0.2) is 32.4 Å². The zero-order valence-corrected chi connectivity index (χ0v) is 13.7. The fourth-order valence-corrected chi connectivity index (χ4v) is 4.68. The average Bonchev–Trinajstić information content (AvgIpc) is 3.22. The van der Waals surface area contributed by atoms with Crippen LogP contribution >= 0.6 is 23.2 Å². The van der Waals surface area contributed by atoms with E-state index in [1.54, 1.807) is 6.07 Å². The molecule has 0 amide bonds. The summed E-state index contributed by atoms with van der Waals surface area (Å²) < 4.78 is 32.3. The Morgan fingerprint density at radius 1 is 1.40 bits per heavy atom. The predicted molar refractivity (Wildman–Crippen MR) is 80.1 cm³/mol. The summed E-state index contributed by atoms with van der Waals surface area (Å²) in [6.45, 7) is 2.26. The summed E-state index contributed by atoms with van der Waals surface area (Å²) in [5, 5.41) is 0.340. The van der Waals surface area contributed by atoms with Crippen molar-refractivity contribution in [3.8, 4) is 5.75 Å². The molecular formula is C13H17Cl2NO3S. The van der Waals surface area contributed by atoms with E-state index in [1.807, 2.05) is 6.92 Å². The van der Waals surface area contributed by atoms with Gasteiger partial charge in [-0.1, -0.05) is 18.5 Å². The Bertz CT molecular complexity index is 600. The highest BCUT2D eigenvalue weighted by Gasteiger charge is 2.38. The lowest BCUT2D eigenvalue weighted by Crippen LogP contribution is -2.33. The van der Waals surface area contributed by atoms with E-state index in [-0.39, 0.29) is 22.6 Å². The molecule has 1 aliphatic rings. The molecule has 0 aliphatic heterocycles. The van der Waals surface area contributed by atoms with E-state index in [0.29, 0.717) is 17.1 Å². The highest BCUT2D eigenvalue weighted by molar-refractivity contribution is 7.89. The third kappa shape index (κ3) is 2.91. The first kappa shape index (κ1) is 15.9. The molecule has 0 unspecified atom stereocenters. The molecule has 0 spiro atoms. The molecule has 0 heterocycles. The Balaban J connectivity index is 2.58. The van der Waals surface area contributed by atoms with Gasteiger partial charge in [0.25, 0.3) is 0 Å². The molecular weight excluding hydrogens is 321 g/mol. The molecule has 0 N–H and O–H groups in total.